The Balaban J connectivity index is 2.17. The molecule has 0 aromatic heterocycles. The van der Waals surface area contributed by atoms with Crippen LogP contribution in [0, 0.1) is 0 Å². The smallest absolute Gasteiger partial charge is 0.337 e. The van der Waals surface area contributed by atoms with E-state index in [2.05, 4.69) is 6.92 Å². The average Bonchev–Trinajstić information content (AvgIpc) is 2.58. The molecule has 0 amide bonds. The lowest BCUT2D eigenvalue weighted by Crippen LogP contribution is -2.33. The van der Waals surface area contributed by atoms with Gasteiger partial charge in [-0.3, -0.25) is 0 Å². The number of carbonyl (C=O) groups is 1. The van der Waals surface area contributed by atoms with Crippen LogP contribution in [0.4, 0.5) is 0 Å². The first-order chi connectivity index (χ1) is 7.65. The van der Waals surface area contributed by atoms with Crippen LogP contribution in [0.5, 0.6) is 0 Å². The van der Waals surface area contributed by atoms with Gasteiger partial charge in [0.2, 0.25) is 0 Å². The second-order valence-corrected chi connectivity index (χ2v) is 4.53. The third-order valence-electron chi connectivity index (χ3n) is 3.39. The summed E-state index contributed by atoms with van der Waals surface area (Å²) < 4.78 is 5.25. The third-order valence-corrected chi connectivity index (χ3v) is 3.39. The highest BCUT2D eigenvalue weighted by atomic mass is 16.5. The molecule has 0 saturated carbocycles. The van der Waals surface area contributed by atoms with Crippen LogP contribution in [0.2, 0.25) is 0 Å². The Labute approximate surface area is 94.9 Å². The molecule has 0 radical (unpaired) electrons. The molecule has 1 aliphatic heterocycles. The number of cyclic esters (lactones) is 1. The quantitative estimate of drug-likeness (QED) is 0.702. The van der Waals surface area contributed by atoms with Crippen LogP contribution in [0.15, 0.2) is 11.1 Å². The number of rotatable bonds is 3. The molecular formula is C12H18O4. The number of hydrogen-bond acceptors (Lipinski definition) is 4. The minimum absolute atomic E-state index is 0.162. The van der Waals surface area contributed by atoms with E-state index in [4.69, 9.17) is 4.74 Å². The van der Waals surface area contributed by atoms with Gasteiger partial charge in [0.25, 0.3) is 0 Å². The average molecular weight is 226 g/mol. The molecule has 0 aromatic rings. The van der Waals surface area contributed by atoms with Crippen LogP contribution < -0.4 is 0 Å². The van der Waals surface area contributed by atoms with Crippen molar-refractivity contribution in [2.24, 2.45) is 0 Å². The highest BCUT2D eigenvalue weighted by Gasteiger charge is 2.42. The lowest BCUT2D eigenvalue weighted by molar-refractivity contribution is -0.141. The maximum atomic E-state index is 11.6. The van der Waals surface area contributed by atoms with Crippen molar-refractivity contribution in [2.75, 3.05) is 0 Å². The summed E-state index contributed by atoms with van der Waals surface area (Å²) in [5, 5.41) is 19.3. The highest BCUT2D eigenvalue weighted by molar-refractivity contribution is 5.93. The van der Waals surface area contributed by atoms with Crippen LogP contribution in [0.1, 0.15) is 39.0 Å². The van der Waals surface area contributed by atoms with Gasteiger partial charge in [0, 0.05) is 0 Å². The first kappa shape index (κ1) is 11.6. The van der Waals surface area contributed by atoms with E-state index >= 15 is 0 Å². The normalized spacial score (nSPS) is 33.9. The first-order valence-electron chi connectivity index (χ1n) is 5.95. The minimum Gasteiger partial charge on any atom is -0.454 e. The fourth-order valence-corrected chi connectivity index (χ4v) is 2.45. The molecule has 2 N–H and O–H groups in total. The van der Waals surface area contributed by atoms with Crippen molar-refractivity contribution >= 4 is 5.97 Å². The Morgan fingerprint density at radius 1 is 1.44 bits per heavy atom. The number of ether oxygens (including phenoxy) is 1. The van der Waals surface area contributed by atoms with Gasteiger partial charge in [-0.25, -0.2) is 4.79 Å². The van der Waals surface area contributed by atoms with E-state index in [0.717, 1.165) is 24.8 Å². The fraction of sp³-hybridized carbons (Fsp3) is 0.750. The van der Waals surface area contributed by atoms with Crippen molar-refractivity contribution < 1.29 is 19.7 Å². The van der Waals surface area contributed by atoms with Gasteiger partial charge in [-0.2, -0.15) is 0 Å². The summed E-state index contributed by atoms with van der Waals surface area (Å²) >= 11 is 0. The summed E-state index contributed by atoms with van der Waals surface area (Å²) in [5.74, 6) is -0.442. The summed E-state index contributed by atoms with van der Waals surface area (Å²) in [6.45, 7) is 2.09. The molecular weight excluding hydrogens is 208 g/mol. The van der Waals surface area contributed by atoms with E-state index in [1.54, 1.807) is 0 Å². The van der Waals surface area contributed by atoms with Gasteiger partial charge in [0.05, 0.1) is 11.7 Å². The molecule has 0 spiro atoms. The summed E-state index contributed by atoms with van der Waals surface area (Å²) in [7, 11) is 0. The summed E-state index contributed by atoms with van der Waals surface area (Å²) in [4.78, 5) is 11.6. The molecule has 16 heavy (non-hydrogen) atoms. The van der Waals surface area contributed by atoms with Crippen LogP contribution in [-0.2, 0) is 9.53 Å². The Hall–Kier alpha value is -0.870. The highest BCUT2D eigenvalue weighted by Crippen LogP contribution is 2.36. The van der Waals surface area contributed by atoms with Crippen LogP contribution in [0.25, 0.3) is 0 Å². The van der Waals surface area contributed by atoms with Gasteiger partial charge in [-0.15, -0.1) is 0 Å². The molecule has 1 aliphatic carbocycles. The van der Waals surface area contributed by atoms with Crippen molar-refractivity contribution in [3.8, 4) is 0 Å². The summed E-state index contributed by atoms with van der Waals surface area (Å²) in [5.41, 5.74) is 1.23. The Morgan fingerprint density at radius 2 is 2.19 bits per heavy atom. The number of unbranched alkanes of at least 4 members (excludes halogenated alkanes) is 1. The molecule has 90 valence electrons. The second kappa shape index (κ2) is 4.55. The maximum absolute atomic E-state index is 11.6. The molecule has 0 fully saturated rings. The Kier molecular flexibility index (Phi) is 3.30. The van der Waals surface area contributed by atoms with E-state index in [1.807, 2.05) is 0 Å². The minimum atomic E-state index is -1.05. The zero-order valence-electron chi connectivity index (χ0n) is 9.48. The fourth-order valence-electron chi connectivity index (χ4n) is 2.45. The molecule has 0 aromatic carbocycles. The molecule has 1 heterocycles. The molecule has 3 unspecified atom stereocenters. The van der Waals surface area contributed by atoms with E-state index in [0.29, 0.717) is 18.4 Å². The number of carbonyl (C=O) groups excluding carboxylic acids is 1. The monoisotopic (exact) mass is 226 g/mol. The van der Waals surface area contributed by atoms with Crippen molar-refractivity contribution in [3.63, 3.8) is 0 Å². The van der Waals surface area contributed by atoms with Crippen molar-refractivity contribution in [3.05, 3.63) is 11.1 Å². The maximum Gasteiger partial charge on any atom is 0.337 e. The molecule has 3 atom stereocenters. The number of aliphatic hydroxyl groups is 2. The van der Waals surface area contributed by atoms with Crippen molar-refractivity contribution in [1.29, 1.82) is 0 Å². The molecule has 0 bridgehead atoms. The summed E-state index contributed by atoms with van der Waals surface area (Å²) in [6.07, 6.45) is 2.02. The predicted molar refractivity (Wildman–Crippen MR) is 57.7 cm³/mol. The van der Waals surface area contributed by atoms with Crippen molar-refractivity contribution in [1.82, 2.24) is 0 Å². The van der Waals surface area contributed by atoms with E-state index in [1.165, 1.54) is 0 Å². The molecule has 4 nitrogen and oxygen atoms in total. The number of esters is 1. The zero-order chi connectivity index (χ0) is 11.7. The lowest BCUT2D eigenvalue weighted by Gasteiger charge is -2.24. The van der Waals surface area contributed by atoms with Crippen LogP contribution >= 0.6 is 0 Å². The largest absolute Gasteiger partial charge is 0.454 e. The number of hydrogen-bond donors (Lipinski definition) is 2. The Morgan fingerprint density at radius 3 is 2.88 bits per heavy atom. The van der Waals surface area contributed by atoms with Gasteiger partial charge in [0.1, 0.15) is 12.2 Å². The van der Waals surface area contributed by atoms with Gasteiger partial charge < -0.3 is 14.9 Å². The predicted octanol–water partition coefficient (Wildman–Crippen LogP) is 0.914. The Bertz CT molecular complexity index is 321. The van der Waals surface area contributed by atoms with Crippen molar-refractivity contribution in [2.45, 2.75) is 57.3 Å². The van der Waals surface area contributed by atoms with Crippen LogP contribution in [0.3, 0.4) is 0 Å². The molecule has 4 heteroatoms. The number of aliphatic hydroxyl groups excluding tert-OH is 2. The van der Waals surface area contributed by atoms with Gasteiger partial charge in [-0.1, -0.05) is 13.3 Å². The first-order valence-corrected chi connectivity index (χ1v) is 5.95. The lowest BCUT2D eigenvalue weighted by atomic mass is 9.85. The van der Waals surface area contributed by atoms with E-state index in [-0.39, 0.29) is 6.10 Å². The molecule has 0 saturated heterocycles. The SMILES string of the molecule is CCCCC1OC(=O)C2=C1CCC(O)C2O. The van der Waals surface area contributed by atoms with Gasteiger partial charge in [-0.05, 0) is 31.3 Å². The third kappa shape index (κ3) is 1.87. The molecule has 2 rings (SSSR count). The topological polar surface area (TPSA) is 66.8 Å². The summed E-state index contributed by atoms with van der Waals surface area (Å²) in [6, 6.07) is 0. The standard InChI is InChI=1S/C12H18O4/c1-2-3-4-9-7-5-6-8(13)11(14)10(7)12(15)16-9/h8-9,11,13-14H,2-6H2,1H3. The van der Waals surface area contributed by atoms with E-state index < -0.39 is 18.2 Å². The van der Waals surface area contributed by atoms with E-state index in [9.17, 15) is 15.0 Å². The second-order valence-electron chi connectivity index (χ2n) is 4.53. The van der Waals surface area contributed by atoms with Gasteiger partial charge >= 0.3 is 5.97 Å². The zero-order valence-corrected chi connectivity index (χ0v) is 9.48. The van der Waals surface area contributed by atoms with Gasteiger partial charge in [0.15, 0.2) is 0 Å². The molecule has 2 aliphatic rings. The van der Waals surface area contributed by atoms with Crippen LogP contribution in [-0.4, -0.2) is 34.5 Å².